The molecule has 3 heteroatoms. The van der Waals surface area contributed by atoms with E-state index in [0.29, 0.717) is 0 Å². The van der Waals surface area contributed by atoms with Crippen LogP contribution in [0.4, 0.5) is 4.39 Å². The summed E-state index contributed by atoms with van der Waals surface area (Å²) in [7, 11) is 1.90. The SMILES string of the molecule is CNSCCc1ccc(F)cc1. The lowest BCUT2D eigenvalue weighted by Gasteiger charge is -1.99. The molecular weight excluding hydrogens is 173 g/mol. The standard InChI is InChI=1S/C9H12FNS/c1-11-12-7-6-8-2-4-9(10)5-3-8/h2-5,11H,6-7H2,1H3. The van der Waals surface area contributed by atoms with Crippen molar-refractivity contribution in [1.82, 2.24) is 4.72 Å². The second-order valence-corrected chi connectivity index (χ2v) is 3.53. The molecule has 0 aliphatic heterocycles. The van der Waals surface area contributed by atoms with Gasteiger partial charge in [-0.25, -0.2) is 4.39 Å². The lowest BCUT2D eigenvalue weighted by atomic mass is 10.2. The summed E-state index contributed by atoms with van der Waals surface area (Å²) in [6, 6.07) is 6.65. The second-order valence-electron chi connectivity index (χ2n) is 2.43. The molecule has 0 radical (unpaired) electrons. The van der Waals surface area contributed by atoms with Gasteiger partial charge in [-0.1, -0.05) is 24.1 Å². The smallest absolute Gasteiger partial charge is 0.123 e. The van der Waals surface area contributed by atoms with Crippen LogP contribution in [0.15, 0.2) is 24.3 Å². The van der Waals surface area contributed by atoms with Gasteiger partial charge in [0.25, 0.3) is 0 Å². The van der Waals surface area contributed by atoms with Crippen molar-refractivity contribution in [3.8, 4) is 0 Å². The molecule has 0 fully saturated rings. The molecule has 0 aliphatic carbocycles. The van der Waals surface area contributed by atoms with Crippen molar-refractivity contribution >= 4 is 11.9 Å². The van der Waals surface area contributed by atoms with Gasteiger partial charge in [0.05, 0.1) is 0 Å². The van der Waals surface area contributed by atoms with Gasteiger partial charge in [0.2, 0.25) is 0 Å². The van der Waals surface area contributed by atoms with Crippen LogP contribution in [0, 0.1) is 5.82 Å². The average molecular weight is 185 g/mol. The topological polar surface area (TPSA) is 12.0 Å². The monoisotopic (exact) mass is 185 g/mol. The number of hydrogen-bond acceptors (Lipinski definition) is 2. The Kier molecular flexibility index (Phi) is 4.11. The van der Waals surface area contributed by atoms with Crippen molar-refractivity contribution in [3.63, 3.8) is 0 Å². The van der Waals surface area contributed by atoms with E-state index in [1.165, 1.54) is 17.7 Å². The zero-order valence-electron chi connectivity index (χ0n) is 7.01. The van der Waals surface area contributed by atoms with Gasteiger partial charge in [-0.05, 0) is 31.2 Å². The van der Waals surface area contributed by atoms with Crippen molar-refractivity contribution in [2.75, 3.05) is 12.8 Å². The van der Waals surface area contributed by atoms with Crippen LogP contribution in [0.25, 0.3) is 0 Å². The van der Waals surface area contributed by atoms with Gasteiger partial charge in [0, 0.05) is 5.75 Å². The zero-order chi connectivity index (χ0) is 8.81. The molecule has 0 spiro atoms. The van der Waals surface area contributed by atoms with Crippen LogP contribution < -0.4 is 4.72 Å². The van der Waals surface area contributed by atoms with E-state index in [9.17, 15) is 4.39 Å². The van der Waals surface area contributed by atoms with E-state index in [-0.39, 0.29) is 5.82 Å². The highest BCUT2D eigenvalue weighted by atomic mass is 32.2. The average Bonchev–Trinajstić information content (AvgIpc) is 2.09. The number of aryl methyl sites for hydroxylation is 1. The summed E-state index contributed by atoms with van der Waals surface area (Å²) in [5.41, 5.74) is 1.18. The van der Waals surface area contributed by atoms with E-state index in [1.54, 1.807) is 11.9 Å². The van der Waals surface area contributed by atoms with Crippen molar-refractivity contribution in [3.05, 3.63) is 35.6 Å². The lowest BCUT2D eigenvalue weighted by Crippen LogP contribution is -1.96. The molecule has 0 amide bonds. The summed E-state index contributed by atoms with van der Waals surface area (Å²) in [6.07, 6.45) is 0.978. The molecule has 12 heavy (non-hydrogen) atoms. The molecule has 0 heterocycles. The van der Waals surface area contributed by atoms with Crippen LogP contribution in [0.1, 0.15) is 5.56 Å². The molecule has 1 nitrogen and oxygen atoms in total. The molecular formula is C9H12FNS. The molecule has 1 aromatic carbocycles. The summed E-state index contributed by atoms with van der Waals surface area (Å²) in [6.45, 7) is 0. The largest absolute Gasteiger partial charge is 0.267 e. The Morgan fingerprint density at radius 3 is 2.58 bits per heavy atom. The summed E-state index contributed by atoms with van der Waals surface area (Å²) in [5, 5.41) is 0. The highest BCUT2D eigenvalue weighted by molar-refractivity contribution is 7.97. The molecule has 0 aliphatic rings. The fraction of sp³-hybridized carbons (Fsp3) is 0.333. The van der Waals surface area contributed by atoms with E-state index in [0.717, 1.165) is 12.2 Å². The van der Waals surface area contributed by atoms with Crippen molar-refractivity contribution in [2.45, 2.75) is 6.42 Å². The van der Waals surface area contributed by atoms with Crippen molar-refractivity contribution in [2.24, 2.45) is 0 Å². The van der Waals surface area contributed by atoms with Gasteiger partial charge in [-0.2, -0.15) is 0 Å². The maximum absolute atomic E-state index is 12.5. The minimum absolute atomic E-state index is 0.167. The maximum Gasteiger partial charge on any atom is 0.123 e. The fourth-order valence-electron chi connectivity index (χ4n) is 0.922. The molecule has 0 saturated heterocycles. The third-order valence-corrected chi connectivity index (χ3v) is 2.25. The van der Waals surface area contributed by atoms with Crippen LogP contribution in [-0.2, 0) is 6.42 Å². The zero-order valence-corrected chi connectivity index (χ0v) is 7.83. The predicted octanol–water partition coefficient (Wildman–Crippen LogP) is 2.24. The van der Waals surface area contributed by atoms with Gasteiger partial charge in [0.15, 0.2) is 0 Å². The predicted molar refractivity (Wildman–Crippen MR) is 51.6 cm³/mol. The molecule has 1 rings (SSSR count). The van der Waals surface area contributed by atoms with Gasteiger partial charge in [-0.15, -0.1) is 0 Å². The first-order valence-electron chi connectivity index (χ1n) is 3.86. The molecule has 0 saturated carbocycles. The van der Waals surface area contributed by atoms with Gasteiger partial charge in [-0.3, -0.25) is 4.72 Å². The van der Waals surface area contributed by atoms with Gasteiger partial charge < -0.3 is 0 Å². The second kappa shape index (κ2) is 5.17. The quantitative estimate of drug-likeness (QED) is 0.570. The number of rotatable bonds is 4. The lowest BCUT2D eigenvalue weighted by molar-refractivity contribution is 0.627. The molecule has 66 valence electrons. The third-order valence-electron chi connectivity index (χ3n) is 1.55. The molecule has 1 aromatic rings. The Morgan fingerprint density at radius 2 is 2.00 bits per heavy atom. The Bertz CT molecular complexity index is 222. The van der Waals surface area contributed by atoms with Crippen LogP contribution in [0.2, 0.25) is 0 Å². The Morgan fingerprint density at radius 1 is 1.33 bits per heavy atom. The molecule has 0 aromatic heterocycles. The summed E-state index contributed by atoms with van der Waals surface area (Å²) < 4.78 is 15.4. The van der Waals surface area contributed by atoms with Crippen molar-refractivity contribution < 1.29 is 4.39 Å². The molecule has 1 N–H and O–H groups in total. The summed E-state index contributed by atoms with van der Waals surface area (Å²) in [4.78, 5) is 0. The first kappa shape index (κ1) is 9.55. The number of nitrogens with one attached hydrogen (secondary N) is 1. The van der Waals surface area contributed by atoms with E-state index in [1.807, 2.05) is 19.2 Å². The van der Waals surface area contributed by atoms with E-state index in [2.05, 4.69) is 4.72 Å². The van der Waals surface area contributed by atoms with Crippen LogP contribution in [-0.4, -0.2) is 12.8 Å². The molecule has 0 atom stereocenters. The van der Waals surface area contributed by atoms with Gasteiger partial charge in [0.1, 0.15) is 5.82 Å². The Labute approximate surface area is 76.5 Å². The highest BCUT2D eigenvalue weighted by Crippen LogP contribution is 2.05. The maximum atomic E-state index is 12.5. The van der Waals surface area contributed by atoms with E-state index >= 15 is 0 Å². The fourth-order valence-corrected chi connectivity index (χ4v) is 1.46. The first-order chi connectivity index (χ1) is 5.83. The number of hydrogen-bond donors (Lipinski definition) is 1. The minimum Gasteiger partial charge on any atom is -0.267 e. The molecule has 0 bridgehead atoms. The van der Waals surface area contributed by atoms with Crippen LogP contribution in [0.3, 0.4) is 0 Å². The normalized spacial score (nSPS) is 10.2. The first-order valence-corrected chi connectivity index (χ1v) is 4.84. The Hall–Kier alpha value is -0.540. The summed E-state index contributed by atoms with van der Waals surface area (Å²) >= 11 is 1.66. The van der Waals surface area contributed by atoms with Crippen molar-refractivity contribution in [1.29, 1.82) is 0 Å². The molecule has 0 unspecified atom stereocenters. The highest BCUT2D eigenvalue weighted by Gasteiger charge is 1.93. The summed E-state index contributed by atoms with van der Waals surface area (Å²) in [5.74, 6) is 0.849. The van der Waals surface area contributed by atoms with E-state index < -0.39 is 0 Å². The van der Waals surface area contributed by atoms with Crippen LogP contribution in [0.5, 0.6) is 0 Å². The number of benzene rings is 1. The third kappa shape index (κ3) is 3.24. The Balaban J connectivity index is 2.37. The van der Waals surface area contributed by atoms with E-state index in [4.69, 9.17) is 0 Å². The van der Waals surface area contributed by atoms with Crippen LogP contribution >= 0.6 is 11.9 Å². The number of halogens is 1. The minimum atomic E-state index is -0.167. The van der Waals surface area contributed by atoms with Gasteiger partial charge >= 0.3 is 0 Å².